The van der Waals surface area contributed by atoms with Gasteiger partial charge in [0.15, 0.2) is 0 Å². The van der Waals surface area contributed by atoms with E-state index in [-0.39, 0.29) is 44.8 Å². The van der Waals surface area contributed by atoms with Gasteiger partial charge in [-0.2, -0.15) is 0 Å². The molecule has 92 valence electrons. The van der Waals surface area contributed by atoms with Gasteiger partial charge in [0, 0.05) is 0 Å². The molecule has 6 heteroatoms. The fraction of sp³-hybridized carbons (Fsp3) is 0.800. The first-order chi connectivity index (χ1) is 7.64. The van der Waals surface area contributed by atoms with Crippen molar-refractivity contribution in [1.82, 2.24) is 0 Å². The summed E-state index contributed by atoms with van der Waals surface area (Å²) in [4.78, 5) is 22.3. The van der Waals surface area contributed by atoms with E-state index in [1.54, 1.807) is 0 Å². The van der Waals surface area contributed by atoms with E-state index in [0.29, 0.717) is 0 Å². The van der Waals surface area contributed by atoms with E-state index in [1.807, 2.05) is 0 Å². The van der Waals surface area contributed by atoms with Crippen molar-refractivity contribution >= 4 is 11.9 Å². The SMILES string of the molecule is O=C1CC2(CC2)C(=O)OCCO1.OCCO. The van der Waals surface area contributed by atoms with Crippen molar-refractivity contribution in [3.05, 3.63) is 0 Å². The summed E-state index contributed by atoms with van der Waals surface area (Å²) in [6, 6.07) is 0. The molecule has 0 radical (unpaired) electrons. The third-order valence-corrected chi connectivity index (χ3v) is 2.45. The Balaban J connectivity index is 0.000000280. The minimum absolute atomic E-state index is 0.125. The van der Waals surface area contributed by atoms with Gasteiger partial charge in [-0.1, -0.05) is 0 Å². The molecular weight excluding hydrogens is 216 g/mol. The Morgan fingerprint density at radius 2 is 1.62 bits per heavy atom. The summed E-state index contributed by atoms with van der Waals surface area (Å²) in [5.41, 5.74) is -0.502. The molecular formula is C10H16O6. The average Bonchev–Trinajstić information content (AvgIpc) is 3.04. The number of hydrogen-bond donors (Lipinski definition) is 2. The summed E-state index contributed by atoms with van der Waals surface area (Å²) in [7, 11) is 0. The second-order valence-electron chi connectivity index (χ2n) is 3.76. The second-order valence-corrected chi connectivity index (χ2v) is 3.76. The minimum atomic E-state index is -0.502. The van der Waals surface area contributed by atoms with Gasteiger partial charge in [-0.05, 0) is 12.8 Å². The lowest BCUT2D eigenvalue weighted by Gasteiger charge is -2.17. The summed E-state index contributed by atoms with van der Waals surface area (Å²) >= 11 is 0. The molecule has 0 amide bonds. The molecule has 0 bridgehead atoms. The number of hydrogen-bond acceptors (Lipinski definition) is 6. The number of aliphatic hydroxyl groups is 2. The van der Waals surface area contributed by atoms with E-state index in [2.05, 4.69) is 0 Å². The first kappa shape index (κ1) is 12.9. The van der Waals surface area contributed by atoms with Crippen LogP contribution in [0.5, 0.6) is 0 Å². The van der Waals surface area contributed by atoms with Crippen LogP contribution < -0.4 is 0 Å². The van der Waals surface area contributed by atoms with E-state index < -0.39 is 5.41 Å². The summed E-state index contributed by atoms with van der Waals surface area (Å²) in [5, 5.41) is 15.2. The Labute approximate surface area is 93.2 Å². The number of rotatable bonds is 1. The second kappa shape index (κ2) is 5.81. The quantitative estimate of drug-likeness (QED) is 0.576. The zero-order valence-electron chi connectivity index (χ0n) is 8.98. The molecule has 2 rings (SSSR count). The summed E-state index contributed by atoms with van der Waals surface area (Å²) in [6.45, 7) is 0.146. The lowest BCUT2D eigenvalue weighted by molar-refractivity contribution is -0.165. The third kappa shape index (κ3) is 3.46. The molecule has 2 aliphatic rings. The van der Waals surface area contributed by atoms with Crippen LogP contribution >= 0.6 is 0 Å². The van der Waals surface area contributed by atoms with Crippen LogP contribution in [0.4, 0.5) is 0 Å². The molecule has 0 aromatic heterocycles. The number of esters is 2. The highest BCUT2D eigenvalue weighted by Gasteiger charge is 2.53. The zero-order valence-corrected chi connectivity index (χ0v) is 8.98. The molecule has 0 aromatic rings. The number of carbonyl (C=O) groups is 2. The van der Waals surface area contributed by atoms with Crippen LogP contribution in [-0.2, 0) is 19.1 Å². The van der Waals surface area contributed by atoms with Crippen LogP contribution in [0.15, 0.2) is 0 Å². The number of cyclic esters (lactones) is 2. The number of aliphatic hydroxyl groups excluding tert-OH is 2. The Bertz CT molecular complexity index is 256. The van der Waals surface area contributed by atoms with Gasteiger partial charge in [0.2, 0.25) is 0 Å². The molecule has 0 unspecified atom stereocenters. The summed E-state index contributed by atoms with van der Waals surface area (Å²) < 4.78 is 9.68. The third-order valence-electron chi connectivity index (χ3n) is 2.45. The highest BCUT2D eigenvalue weighted by molar-refractivity contribution is 5.86. The van der Waals surface area contributed by atoms with Gasteiger partial charge < -0.3 is 19.7 Å². The Morgan fingerprint density at radius 1 is 1.06 bits per heavy atom. The molecule has 1 spiro atoms. The maximum atomic E-state index is 11.3. The molecule has 16 heavy (non-hydrogen) atoms. The Kier molecular flexibility index (Phi) is 4.70. The molecule has 2 N–H and O–H groups in total. The topological polar surface area (TPSA) is 93.1 Å². The molecule has 1 heterocycles. The zero-order chi connectivity index (χ0) is 12.0. The fourth-order valence-electron chi connectivity index (χ4n) is 1.37. The van der Waals surface area contributed by atoms with Gasteiger partial charge in [-0.25, -0.2) is 0 Å². The van der Waals surface area contributed by atoms with Gasteiger partial charge in [0.25, 0.3) is 0 Å². The van der Waals surface area contributed by atoms with Crippen LogP contribution in [0.3, 0.4) is 0 Å². The first-order valence-electron chi connectivity index (χ1n) is 5.19. The van der Waals surface area contributed by atoms with Gasteiger partial charge in [0.1, 0.15) is 13.2 Å². The number of ether oxygens (including phenoxy) is 2. The van der Waals surface area contributed by atoms with Crippen molar-refractivity contribution in [2.75, 3.05) is 26.4 Å². The summed E-state index contributed by atoms with van der Waals surface area (Å²) in [5.74, 6) is -0.497. The Hall–Kier alpha value is -1.14. The van der Waals surface area contributed by atoms with E-state index in [1.165, 1.54) is 0 Å². The largest absolute Gasteiger partial charge is 0.462 e. The maximum Gasteiger partial charge on any atom is 0.312 e. The van der Waals surface area contributed by atoms with Gasteiger partial charge in [-0.15, -0.1) is 0 Å². The molecule has 0 aromatic carbocycles. The van der Waals surface area contributed by atoms with Gasteiger partial charge in [-0.3, -0.25) is 9.59 Å². The summed E-state index contributed by atoms with van der Waals surface area (Å²) in [6.07, 6.45) is 1.73. The van der Waals surface area contributed by atoms with E-state index in [0.717, 1.165) is 12.8 Å². The molecule has 1 saturated carbocycles. The fourth-order valence-corrected chi connectivity index (χ4v) is 1.37. The van der Waals surface area contributed by atoms with Crippen molar-refractivity contribution in [3.8, 4) is 0 Å². The van der Waals surface area contributed by atoms with Crippen LogP contribution in [0.1, 0.15) is 19.3 Å². The van der Waals surface area contributed by atoms with Crippen molar-refractivity contribution in [3.63, 3.8) is 0 Å². The highest BCUT2D eigenvalue weighted by atomic mass is 16.6. The minimum Gasteiger partial charge on any atom is -0.462 e. The lowest BCUT2D eigenvalue weighted by Crippen LogP contribution is -2.28. The predicted molar refractivity (Wildman–Crippen MR) is 52.4 cm³/mol. The monoisotopic (exact) mass is 232 g/mol. The molecule has 1 aliphatic heterocycles. The van der Waals surface area contributed by atoms with E-state index in [4.69, 9.17) is 19.7 Å². The molecule has 1 saturated heterocycles. The van der Waals surface area contributed by atoms with Gasteiger partial charge >= 0.3 is 11.9 Å². The van der Waals surface area contributed by atoms with Crippen molar-refractivity contribution in [2.45, 2.75) is 19.3 Å². The maximum absolute atomic E-state index is 11.3. The highest BCUT2D eigenvalue weighted by Crippen LogP contribution is 2.50. The standard InChI is InChI=1S/C8H10O4.C2H6O2/c9-6-5-8(1-2-8)7(10)12-4-3-11-6;3-1-2-4/h1-5H2;3-4H,1-2H2. The molecule has 6 nitrogen and oxygen atoms in total. The number of carbonyl (C=O) groups excluding carboxylic acids is 2. The Morgan fingerprint density at radius 3 is 2.12 bits per heavy atom. The van der Waals surface area contributed by atoms with E-state index in [9.17, 15) is 9.59 Å². The predicted octanol–water partition coefficient (Wildman–Crippen LogP) is -0.772. The van der Waals surface area contributed by atoms with Crippen molar-refractivity contribution in [2.24, 2.45) is 5.41 Å². The molecule has 0 atom stereocenters. The average molecular weight is 232 g/mol. The van der Waals surface area contributed by atoms with Crippen LogP contribution in [-0.4, -0.2) is 48.6 Å². The van der Waals surface area contributed by atoms with E-state index >= 15 is 0 Å². The van der Waals surface area contributed by atoms with Crippen molar-refractivity contribution < 1.29 is 29.3 Å². The smallest absolute Gasteiger partial charge is 0.312 e. The van der Waals surface area contributed by atoms with Gasteiger partial charge in [0.05, 0.1) is 25.0 Å². The van der Waals surface area contributed by atoms with Crippen LogP contribution in [0, 0.1) is 5.41 Å². The van der Waals surface area contributed by atoms with Crippen LogP contribution in [0.25, 0.3) is 0 Å². The molecule has 1 aliphatic carbocycles. The van der Waals surface area contributed by atoms with Crippen molar-refractivity contribution in [1.29, 1.82) is 0 Å². The molecule has 2 fully saturated rings. The first-order valence-corrected chi connectivity index (χ1v) is 5.19. The van der Waals surface area contributed by atoms with Crippen LogP contribution in [0.2, 0.25) is 0 Å². The normalized spacial score (nSPS) is 22.1. The lowest BCUT2D eigenvalue weighted by atomic mass is 10.0.